The first-order chi connectivity index (χ1) is 29.3. The molecule has 0 N–H and O–H groups in total. The third-order valence-corrected chi connectivity index (χ3v) is 13.6. The van der Waals surface area contributed by atoms with Crippen LogP contribution in [0.1, 0.15) is 75.6 Å². The third-order valence-electron chi connectivity index (χ3n) is 11.6. The molecule has 9 aromatic rings. The zero-order chi connectivity index (χ0) is 43.0. The van der Waals surface area contributed by atoms with Crippen molar-refractivity contribution in [2.75, 3.05) is 0 Å². The molecule has 62 heavy (non-hydrogen) atoms. The predicted octanol–water partition coefficient (Wildman–Crippen LogP) is 14.9. The van der Waals surface area contributed by atoms with E-state index in [2.05, 4.69) is 193 Å². The summed E-state index contributed by atoms with van der Waals surface area (Å²) in [5.74, 6) is 2.17. The third kappa shape index (κ3) is 9.06. The van der Waals surface area contributed by atoms with Crippen LogP contribution in [-0.4, -0.2) is 22.6 Å². The van der Waals surface area contributed by atoms with Crippen LogP contribution in [-0.2, 0) is 26.5 Å². The summed E-state index contributed by atoms with van der Waals surface area (Å²) in [4.78, 5) is 9.92. The fourth-order valence-corrected chi connectivity index (χ4v) is 10.2. The van der Waals surface area contributed by atoms with Crippen molar-refractivity contribution >= 4 is 46.2 Å². The monoisotopic (exact) mass is 1010 g/mol. The fourth-order valence-electron chi connectivity index (χ4n) is 8.62. The average Bonchev–Trinajstić information content (AvgIpc) is 3.82. The number of hydrogen-bond donors (Lipinski definition) is 0. The van der Waals surface area contributed by atoms with Gasteiger partial charge in [0.15, 0.2) is 0 Å². The first-order valence-electron chi connectivity index (χ1n) is 21.8. The molecule has 6 heteroatoms. The molecule has 6 aromatic carbocycles. The van der Waals surface area contributed by atoms with Gasteiger partial charge in [0.25, 0.3) is 0 Å². The number of para-hydroxylation sites is 3. The summed E-state index contributed by atoms with van der Waals surface area (Å²) in [5.41, 5.74) is 15.7. The number of benzene rings is 6. The molecule has 0 aliphatic carbocycles. The second-order valence-electron chi connectivity index (χ2n) is 18.5. The SMILES string of the molecule is CC(C)Cc1cc(-c2[c-]cccc2)ncc1[Si](C)(C)C.Cc1cc(-c2nc3ccccc3n2-c2c(C(C)C)cc(-c3ccccc3)cc2C(C)C)[c-]c2oc3ccccc3c12.[Ir]. The molecule has 9 rings (SSSR count). The smallest absolute Gasteiger partial charge is 0.123 e. The Morgan fingerprint density at radius 3 is 2.03 bits per heavy atom. The predicted molar refractivity (Wildman–Crippen MR) is 261 cm³/mol. The van der Waals surface area contributed by atoms with Gasteiger partial charge in [0.2, 0.25) is 0 Å². The van der Waals surface area contributed by atoms with Crippen molar-refractivity contribution in [3.63, 3.8) is 0 Å². The van der Waals surface area contributed by atoms with Crippen LogP contribution in [0.15, 0.2) is 138 Å². The van der Waals surface area contributed by atoms with E-state index >= 15 is 0 Å². The van der Waals surface area contributed by atoms with Gasteiger partial charge in [-0.15, -0.1) is 53.1 Å². The van der Waals surface area contributed by atoms with Crippen LogP contribution in [0.3, 0.4) is 0 Å². The van der Waals surface area contributed by atoms with Crippen LogP contribution in [0.5, 0.6) is 0 Å². The van der Waals surface area contributed by atoms with Crippen molar-refractivity contribution in [3.8, 4) is 39.5 Å². The van der Waals surface area contributed by atoms with Crippen molar-refractivity contribution in [2.24, 2.45) is 5.92 Å². The van der Waals surface area contributed by atoms with E-state index in [-0.39, 0.29) is 20.1 Å². The number of nitrogens with zero attached hydrogens (tertiary/aromatic N) is 3. The largest absolute Gasteiger partial charge is 0.477 e. The summed E-state index contributed by atoms with van der Waals surface area (Å²) in [6.07, 6.45) is 3.24. The normalized spacial score (nSPS) is 11.8. The summed E-state index contributed by atoms with van der Waals surface area (Å²) >= 11 is 0. The number of aromatic nitrogens is 3. The Morgan fingerprint density at radius 2 is 1.37 bits per heavy atom. The Labute approximate surface area is 382 Å². The topological polar surface area (TPSA) is 43.9 Å². The van der Waals surface area contributed by atoms with Gasteiger partial charge in [-0.05, 0) is 93.0 Å². The Balaban J connectivity index is 0.000000233. The molecule has 1 radical (unpaired) electrons. The van der Waals surface area contributed by atoms with Gasteiger partial charge in [0.1, 0.15) is 5.58 Å². The molecule has 3 aromatic heterocycles. The molecule has 0 bridgehead atoms. The fraction of sp³-hybridized carbons (Fsp3) is 0.250. The van der Waals surface area contributed by atoms with Crippen LogP contribution >= 0.6 is 0 Å². The van der Waals surface area contributed by atoms with Gasteiger partial charge in [-0.25, -0.2) is 0 Å². The molecule has 0 unspecified atom stereocenters. The molecular weight excluding hydrogens is 951 g/mol. The molecular formula is C56H57IrN3OSi-2. The van der Waals surface area contributed by atoms with E-state index in [1.165, 1.54) is 38.7 Å². The minimum atomic E-state index is -1.34. The van der Waals surface area contributed by atoms with Crippen LogP contribution in [0.2, 0.25) is 19.6 Å². The molecule has 3 heterocycles. The Kier molecular flexibility index (Phi) is 13.3. The molecule has 0 atom stereocenters. The van der Waals surface area contributed by atoms with Crippen molar-refractivity contribution in [1.29, 1.82) is 0 Å². The Morgan fingerprint density at radius 1 is 0.710 bits per heavy atom. The van der Waals surface area contributed by atoms with Crippen molar-refractivity contribution in [3.05, 3.63) is 168 Å². The van der Waals surface area contributed by atoms with Gasteiger partial charge in [0.05, 0.1) is 30.5 Å². The van der Waals surface area contributed by atoms with Crippen LogP contribution in [0.4, 0.5) is 0 Å². The van der Waals surface area contributed by atoms with Crippen LogP contribution < -0.4 is 5.19 Å². The summed E-state index contributed by atoms with van der Waals surface area (Å²) in [5, 5.41) is 3.73. The van der Waals surface area contributed by atoms with Gasteiger partial charge >= 0.3 is 0 Å². The molecule has 4 nitrogen and oxygen atoms in total. The van der Waals surface area contributed by atoms with Gasteiger partial charge in [0, 0.05) is 32.0 Å². The average molecular weight is 1010 g/mol. The van der Waals surface area contributed by atoms with E-state index in [9.17, 15) is 0 Å². The second-order valence-corrected chi connectivity index (χ2v) is 23.5. The maximum absolute atomic E-state index is 6.31. The number of imidazole rings is 1. The second kappa shape index (κ2) is 18.5. The minimum absolute atomic E-state index is 0. The Hall–Kier alpha value is -5.39. The first kappa shape index (κ1) is 44.7. The maximum Gasteiger partial charge on any atom is 0.123 e. The summed E-state index contributed by atoms with van der Waals surface area (Å²) in [6, 6.07) is 51.6. The summed E-state index contributed by atoms with van der Waals surface area (Å²) in [7, 11) is -1.34. The standard InChI is InChI=1S/C38H33N2O.C18H24NSi.Ir/c1-23(2)30-20-27(26-13-7-6-8-14-26)21-31(24(3)4)37(30)40-33-17-11-10-16-32(33)39-38(40)28-19-25(5)36-29-15-9-12-18-34(29)41-35(36)22-28;1-14(2)11-16-12-17(15-9-7-6-8-10-15)19-13-18(16)20(3,4)5;/h6-21,23-24H,1-5H3;6-9,12-14H,11H2,1-5H3;/q2*-1;. The van der Waals surface area contributed by atoms with Crippen molar-refractivity contribution < 1.29 is 24.5 Å². The number of furan rings is 1. The molecule has 0 aliphatic heterocycles. The van der Waals surface area contributed by atoms with E-state index in [0.717, 1.165) is 67.6 Å². The number of rotatable bonds is 9. The molecule has 0 saturated carbocycles. The molecule has 0 aliphatic rings. The van der Waals surface area contributed by atoms with Gasteiger partial charge in [-0.2, -0.15) is 0 Å². The number of hydrogen-bond acceptors (Lipinski definition) is 3. The van der Waals surface area contributed by atoms with Gasteiger partial charge in [-0.3, -0.25) is 4.98 Å². The van der Waals surface area contributed by atoms with Crippen molar-refractivity contribution in [1.82, 2.24) is 14.5 Å². The molecule has 0 fully saturated rings. The van der Waals surface area contributed by atoms with Crippen LogP contribution in [0.25, 0.3) is 72.4 Å². The summed E-state index contributed by atoms with van der Waals surface area (Å²) in [6.45, 7) is 23.0. The number of pyridine rings is 1. The van der Waals surface area contributed by atoms with E-state index in [1.807, 2.05) is 30.3 Å². The van der Waals surface area contributed by atoms with Crippen LogP contribution in [0, 0.1) is 25.0 Å². The van der Waals surface area contributed by atoms with Gasteiger partial charge in [-0.1, -0.05) is 152 Å². The molecule has 317 valence electrons. The molecule has 0 amide bonds. The Bertz CT molecular complexity index is 2940. The molecule has 0 spiro atoms. The quantitative estimate of drug-likeness (QED) is 0.107. The summed E-state index contributed by atoms with van der Waals surface area (Å²) < 4.78 is 8.68. The van der Waals surface area contributed by atoms with E-state index in [0.29, 0.717) is 17.8 Å². The van der Waals surface area contributed by atoms with E-state index in [4.69, 9.17) is 9.40 Å². The van der Waals surface area contributed by atoms with E-state index in [1.54, 1.807) is 0 Å². The molecule has 0 saturated heterocycles. The minimum Gasteiger partial charge on any atom is -0.477 e. The maximum atomic E-state index is 6.31. The number of fused-ring (bicyclic) bond motifs is 4. The zero-order valence-electron chi connectivity index (χ0n) is 37.7. The number of aryl methyl sites for hydroxylation is 1. The van der Waals surface area contributed by atoms with Crippen molar-refractivity contribution in [2.45, 2.75) is 86.4 Å². The first-order valence-corrected chi connectivity index (χ1v) is 25.3. The van der Waals surface area contributed by atoms with Gasteiger partial charge < -0.3 is 14.0 Å². The zero-order valence-corrected chi connectivity index (χ0v) is 41.1. The van der Waals surface area contributed by atoms with E-state index < -0.39 is 8.07 Å².